The molecule has 1 atom stereocenters. The number of carbonyl (C=O) groups is 1. The third-order valence-corrected chi connectivity index (χ3v) is 4.07. The molecule has 1 saturated heterocycles. The summed E-state index contributed by atoms with van der Waals surface area (Å²) in [7, 11) is 0. The van der Waals surface area contributed by atoms with E-state index in [1.807, 2.05) is 26.0 Å². The Balaban J connectivity index is 1.95. The lowest BCUT2D eigenvalue weighted by atomic mass is 10.0. The molecule has 1 fully saturated rings. The summed E-state index contributed by atoms with van der Waals surface area (Å²) in [6.07, 6.45) is 3.93. The first-order valence-electron chi connectivity index (χ1n) is 7.94. The number of nitrogens with two attached hydrogens (primary N) is 1. The molecule has 0 aromatic heterocycles. The van der Waals surface area contributed by atoms with Crippen molar-refractivity contribution in [3.63, 3.8) is 0 Å². The van der Waals surface area contributed by atoms with E-state index in [2.05, 4.69) is 22.3 Å². The zero-order valence-electron chi connectivity index (χ0n) is 13.1. The number of piperidine rings is 1. The van der Waals surface area contributed by atoms with Gasteiger partial charge in [0, 0.05) is 12.2 Å². The van der Waals surface area contributed by atoms with Crippen molar-refractivity contribution in [3.8, 4) is 0 Å². The van der Waals surface area contributed by atoms with E-state index in [9.17, 15) is 4.79 Å². The standard InChI is InChI=1S/C17H27N3O/c1-13(2)16(18)17(21)19-15-8-6-7-14(11-15)12-20-9-4-3-5-10-20/h6-8,11,13,16H,3-5,9-10,12,18H2,1-2H3,(H,19,21)/t16-/m0/s1. The fraction of sp³-hybridized carbons (Fsp3) is 0.588. The molecular weight excluding hydrogens is 262 g/mol. The van der Waals surface area contributed by atoms with Crippen molar-refractivity contribution in [3.05, 3.63) is 29.8 Å². The molecule has 0 radical (unpaired) electrons. The van der Waals surface area contributed by atoms with E-state index in [4.69, 9.17) is 5.73 Å². The van der Waals surface area contributed by atoms with Crippen LogP contribution in [0.5, 0.6) is 0 Å². The van der Waals surface area contributed by atoms with Crippen LogP contribution in [0.25, 0.3) is 0 Å². The lowest BCUT2D eigenvalue weighted by molar-refractivity contribution is -0.118. The fourth-order valence-electron chi connectivity index (χ4n) is 2.65. The zero-order chi connectivity index (χ0) is 15.2. The van der Waals surface area contributed by atoms with E-state index < -0.39 is 6.04 Å². The SMILES string of the molecule is CC(C)[C@H](N)C(=O)Nc1cccc(CN2CCCCC2)c1. The van der Waals surface area contributed by atoms with Crippen LogP contribution in [0, 0.1) is 5.92 Å². The number of nitrogens with zero attached hydrogens (tertiary/aromatic N) is 1. The van der Waals surface area contributed by atoms with Gasteiger partial charge in [-0.2, -0.15) is 0 Å². The molecule has 2 rings (SSSR count). The van der Waals surface area contributed by atoms with E-state index in [0.717, 1.165) is 12.2 Å². The monoisotopic (exact) mass is 289 g/mol. The van der Waals surface area contributed by atoms with Crippen molar-refractivity contribution >= 4 is 11.6 Å². The largest absolute Gasteiger partial charge is 0.325 e. The van der Waals surface area contributed by atoms with Gasteiger partial charge in [0.25, 0.3) is 0 Å². The summed E-state index contributed by atoms with van der Waals surface area (Å²) in [6, 6.07) is 7.63. The number of hydrogen-bond donors (Lipinski definition) is 2. The minimum absolute atomic E-state index is 0.111. The Hall–Kier alpha value is -1.39. The van der Waals surface area contributed by atoms with Gasteiger partial charge in [0.2, 0.25) is 5.91 Å². The highest BCUT2D eigenvalue weighted by Gasteiger charge is 2.17. The van der Waals surface area contributed by atoms with Crippen molar-refractivity contribution in [1.82, 2.24) is 4.90 Å². The lowest BCUT2D eigenvalue weighted by Crippen LogP contribution is -2.39. The molecule has 0 saturated carbocycles. The Morgan fingerprint density at radius 3 is 2.67 bits per heavy atom. The van der Waals surface area contributed by atoms with E-state index in [-0.39, 0.29) is 11.8 Å². The Bertz CT molecular complexity index is 467. The van der Waals surface area contributed by atoms with Crippen molar-refractivity contribution in [2.75, 3.05) is 18.4 Å². The summed E-state index contributed by atoms with van der Waals surface area (Å²) >= 11 is 0. The van der Waals surface area contributed by atoms with Gasteiger partial charge in [0.1, 0.15) is 0 Å². The van der Waals surface area contributed by atoms with Crippen LogP contribution < -0.4 is 11.1 Å². The molecule has 21 heavy (non-hydrogen) atoms. The smallest absolute Gasteiger partial charge is 0.241 e. The maximum atomic E-state index is 12.0. The molecule has 1 aliphatic heterocycles. The second-order valence-corrected chi connectivity index (χ2v) is 6.30. The number of hydrogen-bond acceptors (Lipinski definition) is 3. The van der Waals surface area contributed by atoms with Gasteiger partial charge in [-0.1, -0.05) is 32.4 Å². The van der Waals surface area contributed by atoms with Crippen LogP contribution in [-0.2, 0) is 11.3 Å². The van der Waals surface area contributed by atoms with E-state index in [1.54, 1.807) is 0 Å². The average molecular weight is 289 g/mol. The van der Waals surface area contributed by atoms with E-state index >= 15 is 0 Å². The third-order valence-electron chi connectivity index (χ3n) is 4.07. The van der Waals surface area contributed by atoms with Crippen molar-refractivity contribution in [2.24, 2.45) is 11.7 Å². The topological polar surface area (TPSA) is 58.4 Å². The molecule has 1 aromatic rings. The molecule has 0 aliphatic carbocycles. The second kappa shape index (κ2) is 7.57. The molecule has 0 unspecified atom stereocenters. The summed E-state index contributed by atoms with van der Waals surface area (Å²) in [6.45, 7) is 7.22. The minimum atomic E-state index is -0.462. The summed E-state index contributed by atoms with van der Waals surface area (Å²) in [5.74, 6) is 0.0293. The molecule has 116 valence electrons. The predicted molar refractivity (Wildman–Crippen MR) is 87.0 cm³/mol. The van der Waals surface area contributed by atoms with Gasteiger partial charge in [-0.3, -0.25) is 9.69 Å². The first kappa shape index (κ1) is 16.0. The Morgan fingerprint density at radius 1 is 1.29 bits per heavy atom. The second-order valence-electron chi connectivity index (χ2n) is 6.30. The van der Waals surface area contributed by atoms with E-state index in [1.165, 1.54) is 37.9 Å². The highest BCUT2D eigenvalue weighted by molar-refractivity contribution is 5.94. The Labute approximate surface area is 127 Å². The number of benzene rings is 1. The number of carbonyl (C=O) groups excluding carboxylic acids is 1. The van der Waals surface area contributed by atoms with Gasteiger partial charge < -0.3 is 11.1 Å². The maximum absolute atomic E-state index is 12.0. The van der Waals surface area contributed by atoms with Crippen LogP contribution >= 0.6 is 0 Å². The highest BCUT2D eigenvalue weighted by atomic mass is 16.2. The summed E-state index contributed by atoms with van der Waals surface area (Å²) in [5, 5.41) is 2.92. The lowest BCUT2D eigenvalue weighted by Gasteiger charge is -2.26. The summed E-state index contributed by atoms with van der Waals surface area (Å²) in [5.41, 5.74) is 7.96. The van der Waals surface area contributed by atoms with Crippen LogP contribution in [-0.4, -0.2) is 29.9 Å². The van der Waals surface area contributed by atoms with Gasteiger partial charge >= 0.3 is 0 Å². The average Bonchev–Trinajstić information content (AvgIpc) is 2.47. The number of nitrogens with one attached hydrogen (secondary N) is 1. The molecule has 0 spiro atoms. The zero-order valence-corrected chi connectivity index (χ0v) is 13.1. The van der Waals surface area contributed by atoms with Crippen LogP contribution in [0.3, 0.4) is 0 Å². The van der Waals surface area contributed by atoms with Gasteiger partial charge in [0.15, 0.2) is 0 Å². The fourth-order valence-corrected chi connectivity index (χ4v) is 2.65. The van der Waals surface area contributed by atoms with Gasteiger partial charge in [0.05, 0.1) is 6.04 Å². The van der Waals surface area contributed by atoms with Gasteiger partial charge in [-0.05, 0) is 49.5 Å². The molecule has 4 heteroatoms. The van der Waals surface area contributed by atoms with Crippen LogP contribution in [0.4, 0.5) is 5.69 Å². The number of amides is 1. The molecule has 1 aromatic carbocycles. The Kier molecular flexibility index (Phi) is 5.76. The molecular formula is C17H27N3O. The Morgan fingerprint density at radius 2 is 2.00 bits per heavy atom. The summed E-state index contributed by atoms with van der Waals surface area (Å²) in [4.78, 5) is 14.5. The van der Waals surface area contributed by atoms with Crippen molar-refractivity contribution in [2.45, 2.75) is 45.7 Å². The number of likely N-dealkylation sites (tertiary alicyclic amines) is 1. The van der Waals surface area contributed by atoms with Crippen molar-refractivity contribution < 1.29 is 4.79 Å². The molecule has 1 aliphatic rings. The quantitative estimate of drug-likeness (QED) is 0.876. The van der Waals surface area contributed by atoms with Crippen LogP contribution in [0.15, 0.2) is 24.3 Å². The number of rotatable bonds is 5. The van der Waals surface area contributed by atoms with Gasteiger partial charge in [-0.15, -0.1) is 0 Å². The maximum Gasteiger partial charge on any atom is 0.241 e. The first-order valence-corrected chi connectivity index (χ1v) is 7.94. The first-order chi connectivity index (χ1) is 10.1. The van der Waals surface area contributed by atoms with Crippen molar-refractivity contribution in [1.29, 1.82) is 0 Å². The van der Waals surface area contributed by atoms with Gasteiger partial charge in [-0.25, -0.2) is 0 Å². The molecule has 3 N–H and O–H groups in total. The van der Waals surface area contributed by atoms with Crippen LogP contribution in [0.2, 0.25) is 0 Å². The molecule has 0 bridgehead atoms. The molecule has 1 amide bonds. The predicted octanol–water partition coefficient (Wildman–Crippen LogP) is 2.59. The minimum Gasteiger partial charge on any atom is -0.325 e. The normalized spacial score (nSPS) is 17.7. The molecule has 4 nitrogen and oxygen atoms in total. The number of anilines is 1. The third kappa shape index (κ3) is 4.83. The highest BCUT2D eigenvalue weighted by Crippen LogP contribution is 2.16. The molecule has 1 heterocycles. The van der Waals surface area contributed by atoms with Crippen LogP contribution in [0.1, 0.15) is 38.7 Å². The summed E-state index contributed by atoms with van der Waals surface area (Å²) < 4.78 is 0. The van der Waals surface area contributed by atoms with E-state index in [0.29, 0.717) is 0 Å².